The fourth-order valence-corrected chi connectivity index (χ4v) is 4.32. The topological polar surface area (TPSA) is 48.5 Å². The minimum Gasteiger partial charge on any atom is -0.355 e. The number of likely N-dealkylation sites (tertiary alicyclic amines) is 2. The molecule has 3 rings (SSSR count). The van der Waals surface area contributed by atoms with Crippen LogP contribution in [-0.4, -0.2) is 66.5 Å². The van der Waals surface area contributed by atoms with Crippen molar-refractivity contribution in [2.24, 2.45) is 5.92 Å². The molecule has 3 heterocycles. The van der Waals surface area contributed by atoms with Crippen molar-refractivity contribution < 1.29 is 4.79 Å². The molecule has 0 aromatic carbocycles. The van der Waals surface area contributed by atoms with Gasteiger partial charge in [-0.15, -0.1) is 11.3 Å². The third-order valence-electron chi connectivity index (χ3n) is 5.19. The van der Waals surface area contributed by atoms with E-state index in [0.717, 1.165) is 38.0 Å². The van der Waals surface area contributed by atoms with E-state index in [4.69, 9.17) is 0 Å². The summed E-state index contributed by atoms with van der Waals surface area (Å²) in [6, 6.07) is 0.678. The average molecular weight is 337 g/mol. The predicted molar refractivity (Wildman–Crippen MR) is 93.6 cm³/mol. The molecule has 0 bridgehead atoms. The Morgan fingerprint density at radius 3 is 2.91 bits per heavy atom. The Kier molecular flexibility index (Phi) is 6.02. The molecule has 128 valence electrons. The van der Waals surface area contributed by atoms with E-state index >= 15 is 0 Å². The molecule has 23 heavy (non-hydrogen) atoms. The Morgan fingerprint density at radius 1 is 1.35 bits per heavy atom. The van der Waals surface area contributed by atoms with E-state index in [1.165, 1.54) is 25.9 Å². The summed E-state index contributed by atoms with van der Waals surface area (Å²) < 4.78 is 0. The maximum absolute atomic E-state index is 12.4. The van der Waals surface area contributed by atoms with E-state index in [2.05, 4.69) is 32.5 Å². The summed E-state index contributed by atoms with van der Waals surface area (Å²) in [6.45, 7) is 5.18. The summed E-state index contributed by atoms with van der Waals surface area (Å²) in [4.78, 5) is 21.7. The molecule has 2 aliphatic heterocycles. The molecule has 0 radical (unpaired) electrons. The van der Waals surface area contributed by atoms with Gasteiger partial charge in [0.05, 0.1) is 17.1 Å². The quantitative estimate of drug-likeness (QED) is 0.887. The van der Waals surface area contributed by atoms with Crippen molar-refractivity contribution in [3.63, 3.8) is 0 Å². The van der Waals surface area contributed by atoms with E-state index in [-0.39, 0.29) is 11.8 Å². The van der Waals surface area contributed by atoms with Crippen LogP contribution in [0.4, 0.5) is 0 Å². The Labute approximate surface area is 143 Å². The second kappa shape index (κ2) is 8.22. The van der Waals surface area contributed by atoms with Gasteiger partial charge in [-0.3, -0.25) is 9.69 Å². The first-order chi connectivity index (χ1) is 11.2. The summed E-state index contributed by atoms with van der Waals surface area (Å²) in [7, 11) is 2.20. The lowest BCUT2D eigenvalue weighted by molar-refractivity contribution is -0.127. The normalized spacial score (nSPS) is 24.7. The number of nitrogens with one attached hydrogen (secondary N) is 1. The highest BCUT2D eigenvalue weighted by Gasteiger charge is 2.30. The summed E-state index contributed by atoms with van der Waals surface area (Å²) in [5.74, 6) is 0.400. The molecule has 6 heteroatoms. The van der Waals surface area contributed by atoms with Gasteiger partial charge in [-0.2, -0.15) is 0 Å². The van der Waals surface area contributed by atoms with Crippen molar-refractivity contribution in [1.29, 1.82) is 0 Å². The number of carbonyl (C=O) groups excluding carboxylic acids is 1. The molecule has 0 saturated carbocycles. The Balaban J connectivity index is 1.43. The van der Waals surface area contributed by atoms with E-state index in [1.807, 2.05) is 5.51 Å². The summed E-state index contributed by atoms with van der Waals surface area (Å²) in [5, 5.41) is 5.16. The monoisotopic (exact) mass is 336 g/mol. The van der Waals surface area contributed by atoms with Gasteiger partial charge in [0, 0.05) is 30.9 Å². The van der Waals surface area contributed by atoms with Crippen molar-refractivity contribution in [2.45, 2.75) is 38.1 Å². The molecule has 0 spiro atoms. The van der Waals surface area contributed by atoms with Gasteiger partial charge in [-0.05, 0) is 52.4 Å². The van der Waals surface area contributed by atoms with Crippen molar-refractivity contribution in [3.05, 3.63) is 16.6 Å². The van der Waals surface area contributed by atoms with Gasteiger partial charge in [0.1, 0.15) is 0 Å². The fourth-order valence-electron chi connectivity index (χ4n) is 3.73. The zero-order valence-electron chi connectivity index (χ0n) is 14.0. The molecule has 2 saturated heterocycles. The number of amides is 1. The zero-order valence-corrected chi connectivity index (χ0v) is 14.9. The van der Waals surface area contributed by atoms with Gasteiger partial charge < -0.3 is 10.2 Å². The predicted octanol–water partition coefficient (Wildman–Crippen LogP) is 1.61. The largest absolute Gasteiger partial charge is 0.355 e. The first-order valence-corrected chi connectivity index (χ1v) is 9.74. The molecule has 1 atom stereocenters. The third kappa shape index (κ3) is 4.75. The summed E-state index contributed by atoms with van der Waals surface area (Å²) >= 11 is 1.61. The van der Waals surface area contributed by atoms with E-state index < -0.39 is 0 Å². The van der Waals surface area contributed by atoms with E-state index in [9.17, 15) is 4.79 Å². The second-order valence-corrected chi connectivity index (χ2v) is 7.61. The second-order valence-electron chi connectivity index (χ2n) is 6.89. The van der Waals surface area contributed by atoms with E-state index in [0.29, 0.717) is 12.6 Å². The smallest absolute Gasteiger partial charge is 0.224 e. The van der Waals surface area contributed by atoms with Crippen LogP contribution in [0.5, 0.6) is 0 Å². The Hall–Kier alpha value is -0.980. The first kappa shape index (κ1) is 16.9. The van der Waals surface area contributed by atoms with Crippen molar-refractivity contribution in [2.75, 3.05) is 39.8 Å². The van der Waals surface area contributed by atoms with Gasteiger partial charge in [0.25, 0.3) is 0 Å². The number of thiazole rings is 1. The van der Waals surface area contributed by atoms with Crippen LogP contribution < -0.4 is 5.32 Å². The van der Waals surface area contributed by atoms with Crippen molar-refractivity contribution in [1.82, 2.24) is 20.1 Å². The van der Waals surface area contributed by atoms with Gasteiger partial charge in [0.15, 0.2) is 0 Å². The summed E-state index contributed by atoms with van der Waals surface area (Å²) in [5.41, 5.74) is 2.92. The molecule has 2 fully saturated rings. The SMILES string of the molecule is CN1CCC(N2CCC[C@@H](C(=O)NCCc3cscn3)C2)CC1. The van der Waals surface area contributed by atoms with Crippen LogP contribution in [0.2, 0.25) is 0 Å². The molecule has 2 aliphatic rings. The standard InChI is InChI=1S/C17H28N4OS/c1-20-9-5-16(6-10-20)21-8-2-3-14(11-21)17(22)18-7-4-15-12-23-13-19-15/h12-14,16H,2-11H2,1H3,(H,18,22)/t14-/m1/s1. The lowest BCUT2D eigenvalue weighted by Gasteiger charge is -2.41. The number of hydrogen-bond donors (Lipinski definition) is 1. The number of aromatic nitrogens is 1. The van der Waals surface area contributed by atoms with Crippen LogP contribution in [0.1, 0.15) is 31.4 Å². The van der Waals surface area contributed by atoms with E-state index in [1.54, 1.807) is 11.3 Å². The minimum absolute atomic E-state index is 0.166. The third-order valence-corrected chi connectivity index (χ3v) is 5.83. The van der Waals surface area contributed by atoms with Crippen LogP contribution in [0.3, 0.4) is 0 Å². The minimum atomic E-state index is 0.166. The zero-order chi connectivity index (χ0) is 16.1. The highest BCUT2D eigenvalue weighted by molar-refractivity contribution is 7.07. The van der Waals surface area contributed by atoms with Crippen LogP contribution in [0, 0.1) is 5.92 Å². The Bertz CT molecular complexity index is 485. The first-order valence-electron chi connectivity index (χ1n) is 8.80. The number of carbonyl (C=O) groups is 1. The van der Waals surface area contributed by atoms with Crippen molar-refractivity contribution >= 4 is 17.2 Å². The van der Waals surface area contributed by atoms with Crippen molar-refractivity contribution in [3.8, 4) is 0 Å². The van der Waals surface area contributed by atoms with Crippen LogP contribution >= 0.6 is 11.3 Å². The number of rotatable bonds is 5. The van der Waals surface area contributed by atoms with Crippen LogP contribution in [-0.2, 0) is 11.2 Å². The molecule has 1 aromatic rings. The number of piperidine rings is 2. The molecule has 1 amide bonds. The van der Waals surface area contributed by atoms with Gasteiger partial charge in [0.2, 0.25) is 5.91 Å². The van der Waals surface area contributed by atoms with Crippen LogP contribution in [0.15, 0.2) is 10.9 Å². The molecule has 0 aliphatic carbocycles. The number of nitrogens with zero attached hydrogens (tertiary/aromatic N) is 3. The maximum atomic E-state index is 12.4. The highest BCUT2D eigenvalue weighted by Crippen LogP contribution is 2.23. The molecule has 0 unspecified atom stereocenters. The lowest BCUT2D eigenvalue weighted by Crippen LogP contribution is -2.50. The van der Waals surface area contributed by atoms with Gasteiger partial charge in [-0.25, -0.2) is 4.98 Å². The lowest BCUT2D eigenvalue weighted by atomic mass is 9.93. The van der Waals surface area contributed by atoms with Gasteiger partial charge >= 0.3 is 0 Å². The van der Waals surface area contributed by atoms with Gasteiger partial charge in [-0.1, -0.05) is 0 Å². The Morgan fingerprint density at radius 2 is 2.17 bits per heavy atom. The van der Waals surface area contributed by atoms with Crippen LogP contribution in [0.25, 0.3) is 0 Å². The fraction of sp³-hybridized carbons (Fsp3) is 0.765. The molecule has 5 nitrogen and oxygen atoms in total. The number of hydrogen-bond acceptors (Lipinski definition) is 5. The molecule has 1 aromatic heterocycles. The summed E-state index contributed by atoms with van der Waals surface area (Å²) in [6.07, 6.45) is 5.51. The highest BCUT2D eigenvalue weighted by atomic mass is 32.1. The average Bonchev–Trinajstić information content (AvgIpc) is 3.09. The molecular formula is C17H28N4OS. The molecule has 1 N–H and O–H groups in total. The molecular weight excluding hydrogens is 308 g/mol. The maximum Gasteiger partial charge on any atom is 0.224 e.